The topological polar surface area (TPSA) is 56.7 Å². The van der Waals surface area contributed by atoms with Crippen LogP contribution in [0.2, 0.25) is 0 Å². The predicted octanol–water partition coefficient (Wildman–Crippen LogP) is 2.25. The Morgan fingerprint density at radius 1 is 0.952 bits per heavy atom. The molecule has 1 amide bonds. The molecular weight excluding hydrogens is 264 g/mol. The molecule has 0 saturated heterocycles. The molecule has 0 fully saturated rings. The summed E-state index contributed by atoms with van der Waals surface area (Å²) in [5.41, 5.74) is 6.82. The van der Waals surface area contributed by atoms with E-state index in [1.54, 1.807) is 11.1 Å². The molecule has 0 aliphatic carbocycles. The van der Waals surface area contributed by atoms with E-state index in [9.17, 15) is 4.79 Å². The number of carbonyl (C=O) groups excluding carboxylic acids is 1. The van der Waals surface area contributed by atoms with Gasteiger partial charge < -0.3 is 5.32 Å². The first-order valence-corrected chi connectivity index (χ1v) is 6.64. The van der Waals surface area contributed by atoms with Gasteiger partial charge in [-0.3, -0.25) is 4.79 Å². The second kappa shape index (κ2) is 4.49. The molecule has 0 bridgehead atoms. The van der Waals surface area contributed by atoms with Crippen LogP contribution in [0.5, 0.6) is 0 Å². The summed E-state index contributed by atoms with van der Waals surface area (Å²) in [6.45, 7) is 0. The fourth-order valence-corrected chi connectivity index (χ4v) is 2.45. The Balaban J connectivity index is 1.77. The number of carbonyl (C=O) groups is 1. The van der Waals surface area contributed by atoms with Gasteiger partial charge in [0.05, 0.1) is 17.1 Å². The van der Waals surface area contributed by atoms with Gasteiger partial charge in [0.15, 0.2) is 0 Å². The summed E-state index contributed by atoms with van der Waals surface area (Å²) in [4.78, 5) is 12.3. The molecule has 0 atom stereocenters. The third-order valence-electron chi connectivity index (χ3n) is 3.48. The molecule has 2 aliphatic rings. The zero-order valence-electron chi connectivity index (χ0n) is 11.1. The zero-order valence-corrected chi connectivity index (χ0v) is 11.1. The normalized spacial score (nSPS) is 16.0. The summed E-state index contributed by atoms with van der Waals surface area (Å²) in [5, 5.41) is 8.94. The van der Waals surface area contributed by atoms with Crippen LogP contribution in [0.4, 0.5) is 11.4 Å². The maximum Gasteiger partial charge on any atom is 0.274 e. The summed E-state index contributed by atoms with van der Waals surface area (Å²) in [5.74, 6) is -0.149. The number of fused-ring (bicyclic) bond motifs is 3. The average molecular weight is 276 g/mol. The largest absolute Gasteiger partial charge is 0.319 e. The lowest BCUT2D eigenvalue weighted by Crippen LogP contribution is -2.45. The molecule has 0 aromatic heterocycles. The Morgan fingerprint density at radius 2 is 1.71 bits per heavy atom. The summed E-state index contributed by atoms with van der Waals surface area (Å²) >= 11 is 0. The van der Waals surface area contributed by atoms with Crippen LogP contribution in [-0.2, 0) is 4.79 Å². The molecule has 0 spiro atoms. The molecule has 102 valence electrons. The highest BCUT2D eigenvalue weighted by Crippen LogP contribution is 2.33. The molecular formula is C16H12N4O. The fraction of sp³-hybridized carbons (Fsp3) is 0. The molecule has 5 heteroatoms. The van der Waals surface area contributed by atoms with Crippen LogP contribution in [0.3, 0.4) is 0 Å². The molecule has 2 aromatic carbocycles. The van der Waals surface area contributed by atoms with E-state index in [1.807, 2.05) is 54.6 Å². The minimum absolute atomic E-state index is 0.149. The monoisotopic (exact) mass is 276 g/mol. The number of hydrazone groups is 1. The van der Waals surface area contributed by atoms with Crippen LogP contribution in [0.15, 0.2) is 71.5 Å². The van der Waals surface area contributed by atoms with Gasteiger partial charge in [0.25, 0.3) is 5.91 Å². The Labute approximate surface area is 121 Å². The molecule has 2 aromatic rings. The Bertz CT molecular complexity index is 780. The molecule has 2 heterocycles. The van der Waals surface area contributed by atoms with Gasteiger partial charge in [-0.15, -0.1) is 0 Å². The lowest BCUT2D eigenvalue weighted by molar-refractivity contribution is -0.113. The minimum Gasteiger partial charge on any atom is -0.319 e. The van der Waals surface area contributed by atoms with E-state index in [0.29, 0.717) is 5.70 Å². The van der Waals surface area contributed by atoms with Crippen LogP contribution in [-0.4, -0.2) is 11.6 Å². The zero-order chi connectivity index (χ0) is 14.2. The average Bonchev–Trinajstić information content (AvgIpc) is 2.55. The van der Waals surface area contributed by atoms with Crippen molar-refractivity contribution in [1.29, 1.82) is 0 Å². The van der Waals surface area contributed by atoms with Gasteiger partial charge in [0, 0.05) is 5.56 Å². The smallest absolute Gasteiger partial charge is 0.274 e. The number of nitrogens with zero attached hydrogens (tertiary/aromatic N) is 2. The maximum atomic E-state index is 12.3. The lowest BCUT2D eigenvalue weighted by atomic mass is 10.1. The fourth-order valence-electron chi connectivity index (χ4n) is 2.45. The van der Waals surface area contributed by atoms with Gasteiger partial charge in [0.2, 0.25) is 0 Å². The second-order valence-corrected chi connectivity index (χ2v) is 4.80. The van der Waals surface area contributed by atoms with E-state index in [1.165, 1.54) is 0 Å². The van der Waals surface area contributed by atoms with Crippen molar-refractivity contribution in [1.82, 2.24) is 5.53 Å². The van der Waals surface area contributed by atoms with E-state index in [4.69, 9.17) is 0 Å². The highest BCUT2D eigenvalue weighted by atomic mass is 16.2. The number of hydrogen-bond donors (Lipinski definition) is 2. The van der Waals surface area contributed by atoms with Crippen molar-refractivity contribution in [2.75, 3.05) is 10.3 Å². The van der Waals surface area contributed by atoms with Gasteiger partial charge >= 0.3 is 0 Å². The summed E-state index contributed by atoms with van der Waals surface area (Å²) in [6, 6.07) is 17.4. The summed E-state index contributed by atoms with van der Waals surface area (Å²) in [6.07, 6.45) is 1.79. The highest BCUT2D eigenvalue weighted by molar-refractivity contribution is 6.19. The van der Waals surface area contributed by atoms with Crippen molar-refractivity contribution in [3.05, 3.63) is 71.9 Å². The number of hydrogen-bond acceptors (Lipinski definition) is 4. The molecule has 5 nitrogen and oxygen atoms in total. The third kappa shape index (κ3) is 1.87. The lowest BCUT2D eigenvalue weighted by Gasteiger charge is -2.33. The third-order valence-corrected chi connectivity index (χ3v) is 3.48. The Morgan fingerprint density at radius 3 is 2.57 bits per heavy atom. The van der Waals surface area contributed by atoms with E-state index < -0.39 is 0 Å². The van der Waals surface area contributed by atoms with Crippen LogP contribution < -0.4 is 15.9 Å². The van der Waals surface area contributed by atoms with E-state index in [0.717, 1.165) is 22.6 Å². The number of rotatable bonds is 1. The first kappa shape index (κ1) is 11.7. The highest BCUT2D eigenvalue weighted by Gasteiger charge is 2.30. The molecule has 2 aliphatic heterocycles. The van der Waals surface area contributed by atoms with Crippen molar-refractivity contribution in [3.8, 4) is 0 Å². The van der Waals surface area contributed by atoms with E-state index in [-0.39, 0.29) is 5.91 Å². The van der Waals surface area contributed by atoms with Gasteiger partial charge in [0.1, 0.15) is 5.70 Å². The maximum absolute atomic E-state index is 12.3. The minimum atomic E-state index is -0.149. The van der Waals surface area contributed by atoms with Gasteiger partial charge in [-0.2, -0.15) is 5.10 Å². The Kier molecular flexibility index (Phi) is 2.50. The molecule has 0 radical (unpaired) electrons. The summed E-state index contributed by atoms with van der Waals surface area (Å²) in [7, 11) is 0. The number of amides is 1. The number of nitrogens with one attached hydrogen (secondary N) is 2. The summed E-state index contributed by atoms with van der Waals surface area (Å²) < 4.78 is 0. The van der Waals surface area contributed by atoms with Crippen LogP contribution in [0.25, 0.3) is 0 Å². The second-order valence-electron chi connectivity index (χ2n) is 4.80. The number of anilines is 2. The molecule has 0 saturated carbocycles. The van der Waals surface area contributed by atoms with Crippen molar-refractivity contribution >= 4 is 23.0 Å². The predicted molar refractivity (Wildman–Crippen MR) is 81.7 cm³/mol. The first-order valence-electron chi connectivity index (χ1n) is 6.64. The quantitative estimate of drug-likeness (QED) is 0.840. The van der Waals surface area contributed by atoms with Gasteiger partial charge in [-0.05, 0) is 18.2 Å². The standard InChI is InChI=1S/C16H12N4O/c21-16-15-10-13(11-6-2-1-3-7-11)18-19-20(15)14-9-5-4-8-12(14)17-16/h1-10,19H,(H,17,21). The molecule has 0 unspecified atom stereocenters. The molecule has 4 rings (SSSR count). The van der Waals surface area contributed by atoms with Crippen molar-refractivity contribution in [2.45, 2.75) is 0 Å². The van der Waals surface area contributed by atoms with E-state index in [2.05, 4.69) is 16.0 Å². The number of allylic oxidation sites excluding steroid dienone is 1. The number of hydrazine groups is 1. The molecule has 21 heavy (non-hydrogen) atoms. The number of benzene rings is 2. The SMILES string of the molecule is O=C1Nc2ccccc2N2NN=C(c3ccccc3)C=C12. The van der Waals surface area contributed by atoms with E-state index >= 15 is 0 Å². The molecule has 2 N–H and O–H groups in total. The van der Waals surface area contributed by atoms with Crippen molar-refractivity contribution in [2.24, 2.45) is 5.10 Å². The first-order chi connectivity index (χ1) is 10.3. The Hall–Kier alpha value is -3.08. The van der Waals surface area contributed by atoms with Crippen LogP contribution in [0.1, 0.15) is 5.56 Å². The van der Waals surface area contributed by atoms with Crippen LogP contribution in [0, 0.1) is 0 Å². The van der Waals surface area contributed by atoms with Crippen molar-refractivity contribution < 1.29 is 4.79 Å². The van der Waals surface area contributed by atoms with Crippen molar-refractivity contribution in [3.63, 3.8) is 0 Å². The number of para-hydroxylation sites is 2. The van der Waals surface area contributed by atoms with Crippen LogP contribution >= 0.6 is 0 Å². The van der Waals surface area contributed by atoms with Gasteiger partial charge in [-0.25, -0.2) is 10.5 Å². The van der Waals surface area contributed by atoms with Gasteiger partial charge in [-0.1, -0.05) is 42.5 Å².